The molecule has 3 nitrogen and oxygen atoms in total. The number of nitrogens with two attached hydrogens (primary N) is 1. The summed E-state index contributed by atoms with van der Waals surface area (Å²) in [7, 11) is 0. The summed E-state index contributed by atoms with van der Waals surface area (Å²) in [6, 6.07) is 4.01. The summed E-state index contributed by atoms with van der Waals surface area (Å²) < 4.78 is 0. The molecule has 0 bridgehead atoms. The van der Waals surface area contributed by atoms with Crippen molar-refractivity contribution in [1.82, 2.24) is 10.2 Å². The first-order valence-electron chi connectivity index (χ1n) is 4.78. The quantitative estimate of drug-likeness (QED) is 0.764. The molecule has 0 saturated carbocycles. The molecule has 0 saturated heterocycles. The average Bonchev–Trinajstić information content (AvgIpc) is 2.16. The molecule has 0 spiro atoms. The second-order valence-corrected chi connectivity index (χ2v) is 3.32. The second-order valence-electron chi connectivity index (χ2n) is 3.32. The third-order valence-corrected chi connectivity index (χ3v) is 2.16. The number of aryl methyl sites for hydroxylation is 1. The van der Waals surface area contributed by atoms with E-state index in [1.807, 2.05) is 19.1 Å². The molecule has 0 aliphatic carbocycles. The molecule has 1 rings (SSSR count). The zero-order chi connectivity index (χ0) is 9.68. The van der Waals surface area contributed by atoms with Crippen molar-refractivity contribution in [3.63, 3.8) is 0 Å². The van der Waals surface area contributed by atoms with E-state index >= 15 is 0 Å². The van der Waals surface area contributed by atoms with Gasteiger partial charge >= 0.3 is 0 Å². The fourth-order valence-corrected chi connectivity index (χ4v) is 1.36. The van der Waals surface area contributed by atoms with Crippen LogP contribution in [0.15, 0.2) is 12.1 Å². The van der Waals surface area contributed by atoms with Gasteiger partial charge in [0.1, 0.15) is 0 Å². The van der Waals surface area contributed by atoms with Crippen LogP contribution in [0.4, 0.5) is 0 Å². The van der Waals surface area contributed by atoms with Crippen molar-refractivity contribution < 1.29 is 0 Å². The SMILES string of the molecule is CCCC(CN)c1ccc(C)nn1. The predicted octanol–water partition coefficient (Wildman–Crippen LogP) is 1.63. The van der Waals surface area contributed by atoms with Crippen molar-refractivity contribution in [2.45, 2.75) is 32.6 Å². The van der Waals surface area contributed by atoms with E-state index in [0.29, 0.717) is 12.5 Å². The minimum atomic E-state index is 0.373. The van der Waals surface area contributed by atoms with Crippen LogP contribution in [-0.2, 0) is 0 Å². The minimum absolute atomic E-state index is 0.373. The number of hydrogen-bond acceptors (Lipinski definition) is 3. The normalized spacial score (nSPS) is 12.8. The second kappa shape index (κ2) is 4.92. The van der Waals surface area contributed by atoms with Crippen molar-refractivity contribution in [1.29, 1.82) is 0 Å². The van der Waals surface area contributed by atoms with Crippen molar-refractivity contribution in [3.05, 3.63) is 23.5 Å². The molecule has 72 valence electrons. The summed E-state index contributed by atoms with van der Waals surface area (Å²) in [6.45, 7) is 4.75. The van der Waals surface area contributed by atoms with Crippen LogP contribution in [-0.4, -0.2) is 16.7 Å². The van der Waals surface area contributed by atoms with Crippen molar-refractivity contribution in [3.8, 4) is 0 Å². The van der Waals surface area contributed by atoms with E-state index in [2.05, 4.69) is 17.1 Å². The zero-order valence-corrected chi connectivity index (χ0v) is 8.33. The van der Waals surface area contributed by atoms with Gasteiger partial charge in [0.15, 0.2) is 0 Å². The first-order valence-corrected chi connectivity index (χ1v) is 4.78. The molecular weight excluding hydrogens is 162 g/mol. The van der Waals surface area contributed by atoms with Gasteiger partial charge in [-0.25, -0.2) is 0 Å². The summed E-state index contributed by atoms with van der Waals surface area (Å²) in [5.41, 5.74) is 7.64. The Kier molecular flexibility index (Phi) is 3.83. The van der Waals surface area contributed by atoms with Gasteiger partial charge in [-0.15, -0.1) is 0 Å². The zero-order valence-electron chi connectivity index (χ0n) is 8.33. The summed E-state index contributed by atoms with van der Waals surface area (Å²) in [4.78, 5) is 0. The Hall–Kier alpha value is -0.960. The maximum atomic E-state index is 5.66. The van der Waals surface area contributed by atoms with Gasteiger partial charge in [-0.1, -0.05) is 13.3 Å². The fourth-order valence-electron chi connectivity index (χ4n) is 1.36. The molecule has 1 heterocycles. The van der Waals surface area contributed by atoms with Gasteiger partial charge in [0.05, 0.1) is 11.4 Å². The monoisotopic (exact) mass is 179 g/mol. The van der Waals surface area contributed by atoms with E-state index in [1.54, 1.807) is 0 Å². The molecule has 1 unspecified atom stereocenters. The van der Waals surface area contributed by atoms with Crippen LogP contribution in [0.1, 0.15) is 37.1 Å². The first-order chi connectivity index (χ1) is 6.27. The molecule has 2 N–H and O–H groups in total. The maximum absolute atomic E-state index is 5.66. The van der Waals surface area contributed by atoms with E-state index in [4.69, 9.17) is 5.73 Å². The highest BCUT2D eigenvalue weighted by Gasteiger charge is 2.09. The number of aromatic nitrogens is 2. The lowest BCUT2D eigenvalue weighted by Crippen LogP contribution is -2.14. The lowest BCUT2D eigenvalue weighted by Gasteiger charge is -2.11. The highest BCUT2D eigenvalue weighted by atomic mass is 15.1. The molecular formula is C10H17N3. The third kappa shape index (κ3) is 2.77. The molecule has 0 aliphatic rings. The minimum Gasteiger partial charge on any atom is -0.330 e. The summed E-state index contributed by atoms with van der Waals surface area (Å²) in [5.74, 6) is 0.373. The molecule has 0 aromatic carbocycles. The lowest BCUT2D eigenvalue weighted by atomic mass is 10.00. The van der Waals surface area contributed by atoms with Crippen molar-refractivity contribution >= 4 is 0 Å². The van der Waals surface area contributed by atoms with Crippen molar-refractivity contribution in [2.75, 3.05) is 6.54 Å². The van der Waals surface area contributed by atoms with Crippen LogP contribution in [0, 0.1) is 6.92 Å². The summed E-state index contributed by atoms with van der Waals surface area (Å²) >= 11 is 0. The van der Waals surface area contributed by atoms with Crippen LogP contribution in [0.5, 0.6) is 0 Å². The first kappa shape index (κ1) is 10.1. The standard InChI is InChI=1S/C10H17N3/c1-3-4-9(7-11)10-6-5-8(2)12-13-10/h5-6,9H,3-4,7,11H2,1-2H3. The highest BCUT2D eigenvalue weighted by molar-refractivity contribution is 5.10. The number of rotatable bonds is 4. The van der Waals surface area contributed by atoms with E-state index < -0.39 is 0 Å². The van der Waals surface area contributed by atoms with Crippen LogP contribution in [0.3, 0.4) is 0 Å². The maximum Gasteiger partial charge on any atom is 0.0674 e. The molecule has 13 heavy (non-hydrogen) atoms. The van der Waals surface area contributed by atoms with Gasteiger partial charge in [0.2, 0.25) is 0 Å². The van der Waals surface area contributed by atoms with Crippen LogP contribution in [0.2, 0.25) is 0 Å². The van der Waals surface area contributed by atoms with Crippen LogP contribution in [0.25, 0.3) is 0 Å². The predicted molar refractivity (Wildman–Crippen MR) is 53.5 cm³/mol. The fraction of sp³-hybridized carbons (Fsp3) is 0.600. The van der Waals surface area contributed by atoms with Gasteiger partial charge in [-0.3, -0.25) is 0 Å². The Morgan fingerprint density at radius 1 is 1.38 bits per heavy atom. The Morgan fingerprint density at radius 3 is 2.62 bits per heavy atom. The molecule has 0 radical (unpaired) electrons. The summed E-state index contributed by atoms with van der Waals surface area (Å²) in [6.07, 6.45) is 2.23. The lowest BCUT2D eigenvalue weighted by molar-refractivity contribution is 0.597. The Balaban J connectivity index is 2.73. The summed E-state index contributed by atoms with van der Waals surface area (Å²) in [5, 5.41) is 8.16. The van der Waals surface area contributed by atoms with E-state index in [1.165, 1.54) is 0 Å². The van der Waals surface area contributed by atoms with Gasteiger partial charge in [-0.2, -0.15) is 10.2 Å². The number of nitrogens with zero attached hydrogens (tertiary/aromatic N) is 2. The van der Waals surface area contributed by atoms with Crippen LogP contribution < -0.4 is 5.73 Å². The Bertz CT molecular complexity index is 243. The molecule has 1 aromatic heterocycles. The third-order valence-electron chi connectivity index (χ3n) is 2.16. The van der Waals surface area contributed by atoms with E-state index in [9.17, 15) is 0 Å². The average molecular weight is 179 g/mol. The largest absolute Gasteiger partial charge is 0.330 e. The van der Waals surface area contributed by atoms with Gasteiger partial charge in [0.25, 0.3) is 0 Å². The smallest absolute Gasteiger partial charge is 0.0674 e. The molecule has 0 amide bonds. The van der Waals surface area contributed by atoms with Gasteiger partial charge < -0.3 is 5.73 Å². The molecule has 0 aliphatic heterocycles. The topological polar surface area (TPSA) is 51.8 Å². The molecule has 1 aromatic rings. The Labute approximate surface area is 79.4 Å². The van der Waals surface area contributed by atoms with Gasteiger partial charge in [0, 0.05) is 12.5 Å². The van der Waals surface area contributed by atoms with Crippen molar-refractivity contribution in [2.24, 2.45) is 5.73 Å². The van der Waals surface area contributed by atoms with Gasteiger partial charge in [-0.05, 0) is 25.5 Å². The molecule has 3 heteroatoms. The molecule has 0 fully saturated rings. The van der Waals surface area contributed by atoms with E-state index in [0.717, 1.165) is 24.2 Å². The highest BCUT2D eigenvalue weighted by Crippen LogP contribution is 2.16. The van der Waals surface area contributed by atoms with E-state index in [-0.39, 0.29) is 0 Å². The van der Waals surface area contributed by atoms with Crippen LogP contribution >= 0.6 is 0 Å². The molecule has 1 atom stereocenters. The number of hydrogen-bond donors (Lipinski definition) is 1. The Morgan fingerprint density at radius 2 is 2.15 bits per heavy atom.